The van der Waals surface area contributed by atoms with Crippen LogP contribution in [0.3, 0.4) is 0 Å². The van der Waals surface area contributed by atoms with E-state index in [0.29, 0.717) is 0 Å². The molecular weight excluding hydrogens is 356 g/mol. The normalized spacial score (nSPS) is 14.0. The minimum Gasteiger partial charge on any atom is -0.481 e. The number of hydrogen-bond acceptors (Lipinski definition) is 7. The van der Waals surface area contributed by atoms with E-state index in [0.717, 1.165) is 0 Å². The predicted molar refractivity (Wildman–Crippen MR) is 88.6 cm³/mol. The van der Waals surface area contributed by atoms with Crippen molar-refractivity contribution in [1.29, 1.82) is 0 Å². The summed E-state index contributed by atoms with van der Waals surface area (Å²) in [6.07, 6.45) is -1.22. The van der Waals surface area contributed by atoms with Gasteiger partial charge in [-0.2, -0.15) is 12.6 Å². The molecule has 0 heterocycles. The van der Waals surface area contributed by atoms with Gasteiger partial charge in [0, 0.05) is 18.6 Å². The third-order valence-electron chi connectivity index (χ3n) is 3.11. The van der Waals surface area contributed by atoms with E-state index in [1.165, 1.54) is 0 Å². The monoisotopic (exact) mass is 378 g/mol. The minimum absolute atomic E-state index is 0.00630. The largest absolute Gasteiger partial charge is 0.481 e. The van der Waals surface area contributed by atoms with E-state index in [4.69, 9.17) is 21.7 Å². The Hall–Kier alpha value is -2.34. The molecule has 0 radical (unpaired) electrons. The van der Waals surface area contributed by atoms with Gasteiger partial charge < -0.3 is 32.3 Å². The van der Waals surface area contributed by atoms with E-state index in [-0.39, 0.29) is 25.0 Å². The van der Waals surface area contributed by atoms with Gasteiger partial charge in [0.25, 0.3) is 0 Å². The Bertz CT molecular complexity index is 529. The Kier molecular flexibility index (Phi) is 10.2. The Morgan fingerprint density at radius 3 is 1.88 bits per heavy atom. The summed E-state index contributed by atoms with van der Waals surface area (Å²) < 4.78 is 0. The molecule has 0 aromatic rings. The first-order chi connectivity index (χ1) is 11.6. The summed E-state index contributed by atoms with van der Waals surface area (Å²) in [6, 6.07) is -3.72. The second-order valence-electron chi connectivity index (χ2n) is 5.19. The highest BCUT2D eigenvalue weighted by molar-refractivity contribution is 7.80. The van der Waals surface area contributed by atoms with E-state index in [1.807, 2.05) is 0 Å². The number of rotatable bonds is 12. The molecule has 0 rings (SSSR count). The summed E-state index contributed by atoms with van der Waals surface area (Å²) >= 11 is 3.85. The van der Waals surface area contributed by atoms with Crippen molar-refractivity contribution < 1.29 is 34.2 Å². The Balaban J connectivity index is 5.02. The average molecular weight is 378 g/mol. The number of carbonyl (C=O) groups is 5. The summed E-state index contributed by atoms with van der Waals surface area (Å²) in [6.45, 7) is 0. The lowest BCUT2D eigenvalue weighted by atomic mass is 10.1. The van der Waals surface area contributed by atoms with Crippen LogP contribution in [0.5, 0.6) is 0 Å². The van der Waals surface area contributed by atoms with Gasteiger partial charge in [-0.1, -0.05) is 0 Å². The van der Waals surface area contributed by atoms with Crippen molar-refractivity contribution in [2.45, 2.75) is 43.8 Å². The topological polar surface area (TPSA) is 202 Å². The Labute approximate surface area is 148 Å². The molecule has 0 aliphatic carbocycles. The Morgan fingerprint density at radius 2 is 1.44 bits per heavy atom. The van der Waals surface area contributed by atoms with E-state index in [2.05, 4.69) is 23.3 Å². The molecular formula is C13H22N4O7S. The third-order valence-corrected chi connectivity index (χ3v) is 3.50. The van der Waals surface area contributed by atoms with E-state index in [9.17, 15) is 24.0 Å². The van der Waals surface area contributed by atoms with Crippen LogP contribution in [0.15, 0.2) is 0 Å². The zero-order chi connectivity index (χ0) is 19.6. The van der Waals surface area contributed by atoms with Gasteiger partial charge in [0.2, 0.25) is 17.7 Å². The highest BCUT2D eigenvalue weighted by Gasteiger charge is 2.28. The second-order valence-corrected chi connectivity index (χ2v) is 5.55. The van der Waals surface area contributed by atoms with E-state index in [1.54, 1.807) is 0 Å². The van der Waals surface area contributed by atoms with Crippen LogP contribution in [0, 0.1) is 0 Å². The molecule has 0 bridgehead atoms. The van der Waals surface area contributed by atoms with Crippen molar-refractivity contribution in [3.05, 3.63) is 0 Å². The fourth-order valence-electron chi connectivity index (χ4n) is 1.71. The lowest BCUT2D eigenvalue weighted by molar-refractivity contribution is -0.143. The standard InChI is InChI=1S/C13H22N4O7S/c14-6(5-25)11(21)16-7(1-3-9(15)18)12(22)17-8(13(23)24)2-4-10(19)20/h6-8,25H,1-5,14H2,(H2,15,18)(H,16,21)(H,17,22)(H,19,20)(H,23,24). The molecule has 0 saturated heterocycles. The van der Waals surface area contributed by atoms with Gasteiger partial charge in [-0.25, -0.2) is 4.79 Å². The average Bonchev–Trinajstić information content (AvgIpc) is 2.53. The van der Waals surface area contributed by atoms with Crippen LogP contribution in [0.1, 0.15) is 25.7 Å². The van der Waals surface area contributed by atoms with E-state index < -0.39 is 54.2 Å². The van der Waals surface area contributed by atoms with E-state index >= 15 is 0 Å². The quantitative estimate of drug-likeness (QED) is 0.179. The number of nitrogens with two attached hydrogens (primary N) is 2. The molecule has 3 atom stereocenters. The van der Waals surface area contributed by atoms with Gasteiger partial charge in [0.15, 0.2) is 0 Å². The summed E-state index contributed by atoms with van der Waals surface area (Å²) in [5, 5.41) is 22.1. The van der Waals surface area contributed by atoms with Gasteiger partial charge in [0.05, 0.1) is 6.04 Å². The van der Waals surface area contributed by atoms with Crippen molar-refractivity contribution in [1.82, 2.24) is 10.6 Å². The van der Waals surface area contributed by atoms with Gasteiger partial charge >= 0.3 is 11.9 Å². The fourth-order valence-corrected chi connectivity index (χ4v) is 1.88. The molecule has 0 aromatic carbocycles. The maximum absolute atomic E-state index is 12.2. The molecule has 12 heteroatoms. The molecule has 11 nitrogen and oxygen atoms in total. The Morgan fingerprint density at radius 1 is 0.920 bits per heavy atom. The summed E-state index contributed by atoms with van der Waals surface area (Å²) in [7, 11) is 0. The number of carboxylic acids is 2. The van der Waals surface area contributed by atoms with Crippen molar-refractivity contribution in [2.24, 2.45) is 11.5 Å². The van der Waals surface area contributed by atoms with Crippen LogP contribution in [-0.2, 0) is 24.0 Å². The molecule has 0 aliphatic rings. The first kappa shape index (κ1) is 22.7. The zero-order valence-corrected chi connectivity index (χ0v) is 14.2. The van der Waals surface area contributed by atoms with Gasteiger partial charge in [-0.15, -0.1) is 0 Å². The highest BCUT2D eigenvalue weighted by atomic mass is 32.1. The van der Waals surface area contributed by atoms with Crippen LogP contribution in [0.2, 0.25) is 0 Å². The SMILES string of the molecule is NC(=O)CCC(NC(=O)C(N)CS)C(=O)NC(CCC(=O)O)C(=O)O. The molecule has 3 unspecified atom stereocenters. The number of amides is 3. The fraction of sp³-hybridized carbons (Fsp3) is 0.615. The molecule has 0 fully saturated rings. The van der Waals surface area contributed by atoms with Gasteiger partial charge in [0.1, 0.15) is 12.1 Å². The summed E-state index contributed by atoms with van der Waals surface area (Å²) in [4.78, 5) is 56.6. The molecule has 3 amide bonds. The number of carboxylic acid groups (broad SMARTS) is 2. The molecule has 0 saturated carbocycles. The lowest BCUT2D eigenvalue weighted by Crippen LogP contribution is -2.55. The molecule has 0 spiro atoms. The summed E-state index contributed by atoms with van der Waals surface area (Å²) in [5.74, 6) is -4.96. The number of carbonyl (C=O) groups excluding carboxylic acids is 3. The number of primary amides is 1. The van der Waals surface area contributed by atoms with Crippen LogP contribution in [0.4, 0.5) is 0 Å². The van der Waals surface area contributed by atoms with Gasteiger partial charge in [-0.3, -0.25) is 19.2 Å². The predicted octanol–water partition coefficient (Wildman–Crippen LogP) is -2.57. The first-order valence-corrected chi connectivity index (χ1v) is 7.91. The number of hydrogen-bond donors (Lipinski definition) is 7. The van der Waals surface area contributed by atoms with Crippen LogP contribution in [-0.4, -0.2) is 63.8 Å². The maximum atomic E-state index is 12.2. The maximum Gasteiger partial charge on any atom is 0.326 e. The third kappa shape index (κ3) is 9.52. The van der Waals surface area contributed by atoms with Crippen LogP contribution in [0.25, 0.3) is 0 Å². The minimum atomic E-state index is -1.46. The van der Waals surface area contributed by atoms with Gasteiger partial charge in [-0.05, 0) is 12.8 Å². The number of nitrogens with one attached hydrogen (secondary N) is 2. The highest BCUT2D eigenvalue weighted by Crippen LogP contribution is 2.03. The second kappa shape index (κ2) is 11.3. The van der Waals surface area contributed by atoms with Crippen molar-refractivity contribution in [3.8, 4) is 0 Å². The molecule has 25 heavy (non-hydrogen) atoms. The first-order valence-electron chi connectivity index (χ1n) is 7.28. The van der Waals surface area contributed by atoms with Crippen molar-refractivity contribution in [2.75, 3.05) is 5.75 Å². The summed E-state index contributed by atoms with van der Waals surface area (Å²) in [5.41, 5.74) is 10.5. The van der Waals surface area contributed by atoms with Crippen molar-refractivity contribution in [3.63, 3.8) is 0 Å². The molecule has 0 aromatic heterocycles. The number of thiol groups is 1. The lowest BCUT2D eigenvalue weighted by Gasteiger charge is -2.22. The van der Waals surface area contributed by atoms with Crippen LogP contribution < -0.4 is 22.1 Å². The molecule has 8 N–H and O–H groups in total. The van der Waals surface area contributed by atoms with Crippen molar-refractivity contribution >= 4 is 42.3 Å². The van der Waals surface area contributed by atoms with Crippen LogP contribution >= 0.6 is 12.6 Å². The smallest absolute Gasteiger partial charge is 0.326 e. The molecule has 0 aliphatic heterocycles. The zero-order valence-electron chi connectivity index (χ0n) is 13.3. The molecule has 142 valence electrons. The number of aliphatic carboxylic acids is 2.